The summed E-state index contributed by atoms with van der Waals surface area (Å²) >= 11 is 0. The van der Waals surface area contributed by atoms with E-state index in [0.29, 0.717) is 50.6 Å². The number of amides is 1. The van der Waals surface area contributed by atoms with Gasteiger partial charge in [-0.1, -0.05) is 18.2 Å². The lowest BCUT2D eigenvalue weighted by molar-refractivity contribution is -0.142. The van der Waals surface area contributed by atoms with Gasteiger partial charge in [0.25, 0.3) is 5.91 Å². The third-order valence-electron chi connectivity index (χ3n) is 5.28. The molecule has 2 heterocycles. The first-order chi connectivity index (χ1) is 14.0. The molecule has 1 aromatic rings. The van der Waals surface area contributed by atoms with Crippen molar-refractivity contribution >= 4 is 21.7 Å². The van der Waals surface area contributed by atoms with Gasteiger partial charge in [-0.25, -0.2) is 8.42 Å². The largest absolute Gasteiger partial charge is 0.368 e. The van der Waals surface area contributed by atoms with Gasteiger partial charge in [-0.15, -0.1) is 0 Å². The molecule has 0 aromatic heterocycles. The Labute approximate surface area is 172 Å². The van der Waals surface area contributed by atoms with Crippen LogP contribution in [0.5, 0.6) is 0 Å². The maximum absolute atomic E-state index is 12.4. The van der Waals surface area contributed by atoms with Gasteiger partial charge in [-0.05, 0) is 31.4 Å². The quantitative estimate of drug-likeness (QED) is 0.413. The molecule has 29 heavy (non-hydrogen) atoms. The van der Waals surface area contributed by atoms with Crippen LogP contribution in [0.2, 0.25) is 0 Å². The van der Waals surface area contributed by atoms with E-state index in [4.69, 9.17) is 4.74 Å². The summed E-state index contributed by atoms with van der Waals surface area (Å²) in [5, 5.41) is 3.25. The van der Waals surface area contributed by atoms with Crippen molar-refractivity contribution in [3.05, 3.63) is 30.3 Å². The molecule has 0 bridgehead atoms. The van der Waals surface area contributed by atoms with E-state index >= 15 is 0 Å². The molecule has 2 aliphatic rings. The number of hydrogen-bond acceptors (Lipinski definition) is 5. The minimum absolute atomic E-state index is 0.0880. The van der Waals surface area contributed by atoms with Gasteiger partial charge in [-0.2, -0.15) is 0 Å². The van der Waals surface area contributed by atoms with Crippen LogP contribution in [-0.4, -0.2) is 88.3 Å². The average Bonchev–Trinajstić information content (AvgIpc) is 3.29. The van der Waals surface area contributed by atoms with Crippen molar-refractivity contribution < 1.29 is 17.9 Å². The second kappa shape index (κ2) is 10.1. The molecule has 0 spiro atoms. The van der Waals surface area contributed by atoms with Gasteiger partial charge in [0.1, 0.15) is 6.10 Å². The molecular formula is C20H30N4O4S. The molecule has 8 nitrogen and oxygen atoms in total. The second-order valence-corrected chi connectivity index (χ2v) is 9.38. The lowest BCUT2D eigenvalue weighted by Crippen LogP contribution is -2.55. The molecule has 1 N–H and O–H groups in total. The molecule has 1 unspecified atom stereocenters. The molecule has 1 aromatic carbocycles. The standard InChI is InChI=1S/C20H30N4O4S/c1-21-20(22-10-6-16-29(26,27)17-7-3-2-4-8-17)24-13-11-23(12-14-24)19(25)18-9-5-15-28-18/h2-4,7-8,18H,5-6,9-16H2,1H3,(H,21,22). The number of aliphatic imine (C=N–C) groups is 1. The highest BCUT2D eigenvalue weighted by Gasteiger charge is 2.30. The van der Waals surface area contributed by atoms with Gasteiger partial charge >= 0.3 is 0 Å². The second-order valence-electron chi connectivity index (χ2n) is 7.27. The van der Waals surface area contributed by atoms with Crippen LogP contribution in [0.1, 0.15) is 19.3 Å². The Morgan fingerprint density at radius 3 is 2.48 bits per heavy atom. The number of sulfone groups is 1. The first-order valence-electron chi connectivity index (χ1n) is 10.1. The fourth-order valence-corrected chi connectivity index (χ4v) is 4.99. The van der Waals surface area contributed by atoms with Crippen molar-refractivity contribution in [2.75, 3.05) is 52.1 Å². The predicted molar refractivity (Wildman–Crippen MR) is 112 cm³/mol. The Morgan fingerprint density at radius 1 is 1.17 bits per heavy atom. The van der Waals surface area contributed by atoms with Crippen molar-refractivity contribution in [1.29, 1.82) is 0 Å². The minimum Gasteiger partial charge on any atom is -0.368 e. The number of nitrogens with zero attached hydrogens (tertiary/aromatic N) is 3. The van der Waals surface area contributed by atoms with E-state index in [0.717, 1.165) is 18.8 Å². The van der Waals surface area contributed by atoms with E-state index in [-0.39, 0.29) is 17.8 Å². The van der Waals surface area contributed by atoms with Gasteiger partial charge in [0.05, 0.1) is 10.6 Å². The van der Waals surface area contributed by atoms with Gasteiger partial charge in [-0.3, -0.25) is 9.79 Å². The lowest BCUT2D eigenvalue weighted by atomic mass is 10.2. The third-order valence-corrected chi connectivity index (χ3v) is 7.10. The van der Waals surface area contributed by atoms with Crippen LogP contribution in [0.3, 0.4) is 0 Å². The maximum atomic E-state index is 12.4. The Bertz CT molecular complexity index is 799. The van der Waals surface area contributed by atoms with Gasteiger partial charge < -0.3 is 19.9 Å². The number of hydrogen-bond donors (Lipinski definition) is 1. The van der Waals surface area contributed by atoms with Crippen molar-refractivity contribution in [1.82, 2.24) is 15.1 Å². The zero-order valence-corrected chi connectivity index (χ0v) is 17.7. The summed E-state index contributed by atoms with van der Waals surface area (Å²) in [6.45, 7) is 3.87. The number of benzene rings is 1. The van der Waals surface area contributed by atoms with E-state index < -0.39 is 9.84 Å². The van der Waals surface area contributed by atoms with Crippen LogP contribution in [0.25, 0.3) is 0 Å². The van der Waals surface area contributed by atoms with Crippen molar-refractivity contribution in [3.8, 4) is 0 Å². The molecule has 160 valence electrons. The highest BCUT2D eigenvalue weighted by molar-refractivity contribution is 7.91. The number of piperazine rings is 1. The van der Waals surface area contributed by atoms with Crippen molar-refractivity contribution in [3.63, 3.8) is 0 Å². The number of nitrogens with one attached hydrogen (secondary N) is 1. The first kappa shape index (κ1) is 21.6. The summed E-state index contributed by atoms with van der Waals surface area (Å²) < 4.78 is 30.2. The SMILES string of the molecule is CN=C(NCCCS(=O)(=O)c1ccccc1)N1CCN(C(=O)C2CCCO2)CC1. The van der Waals surface area contributed by atoms with Crippen LogP contribution in [-0.2, 0) is 19.4 Å². The third kappa shape index (κ3) is 5.70. The van der Waals surface area contributed by atoms with Crippen LogP contribution in [0.4, 0.5) is 0 Å². The number of carbonyl (C=O) groups is 1. The van der Waals surface area contributed by atoms with Crippen LogP contribution >= 0.6 is 0 Å². The van der Waals surface area contributed by atoms with Crippen molar-refractivity contribution in [2.45, 2.75) is 30.3 Å². The minimum atomic E-state index is -3.26. The molecular weight excluding hydrogens is 392 g/mol. The number of guanidine groups is 1. The Kier molecular flexibility index (Phi) is 7.49. The zero-order valence-electron chi connectivity index (χ0n) is 16.9. The number of carbonyl (C=O) groups excluding carboxylic acids is 1. The highest BCUT2D eigenvalue weighted by atomic mass is 32.2. The molecule has 9 heteroatoms. The topological polar surface area (TPSA) is 91.3 Å². The summed E-state index contributed by atoms with van der Waals surface area (Å²) in [4.78, 5) is 21.1. The van der Waals surface area contributed by atoms with E-state index in [1.165, 1.54) is 0 Å². The molecule has 2 aliphatic heterocycles. The van der Waals surface area contributed by atoms with Gasteiger partial charge in [0.15, 0.2) is 15.8 Å². The monoisotopic (exact) mass is 422 g/mol. The molecule has 0 saturated carbocycles. The fraction of sp³-hybridized carbons (Fsp3) is 0.600. The molecule has 2 fully saturated rings. The fourth-order valence-electron chi connectivity index (χ4n) is 3.66. The van der Waals surface area contributed by atoms with Crippen molar-refractivity contribution in [2.24, 2.45) is 4.99 Å². The Morgan fingerprint density at radius 2 is 1.86 bits per heavy atom. The summed E-state index contributed by atoms with van der Waals surface area (Å²) in [6, 6.07) is 8.52. The maximum Gasteiger partial charge on any atom is 0.251 e. The molecule has 0 radical (unpaired) electrons. The number of ether oxygens (including phenoxy) is 1. The Hall–Kier alpha value is -2.13. The van der Waals surface area contributed by atoms with Crippen LogP contribution in [0.15, 0.2) is 40.2 Å². The predicted octanol–water partition coefficient (Wildman–Crippen LogP) is 0.749. The normalized spacial score (nSPS) is 20.7. The lowest BCUT2D eigenvalue weighted by Gasteiger charge is -2.37. The molecule has 0 aliphatic carbocycles. The summed E-state index contributed by atoms with van der Waals surface area (Å²) in [5.74, 6) is 0.924. The number of rotatable bonds is 6. The smallest absolute Gasteiger partial charge is 0.251 e. The van der Waals surface area contributed by atoms with E-state index in [1.807, 2.05) is 4.90 Å². The first-order valence-corrected chi connectivity index (χ1v) is 11.8. The zero-order chi connectivity index (χ0) is 20.7. The van der Waals surface area contributed by atoms with E-state index in [1.54, 1.807) is 37.4 Å². The van der Waals surface area contributed by atoms with Crippen LogP contribution < -0.4 is 5.32 Å². The average molecular weight is 423 g/mol. The highest BCUT2D eigenvalue weighted by Crippen LogP contribution is 2.16. The molecule has 2 saturated heterocycles. The van der Waals surface area contributed by atoms with Gasteiger partial charge in [0, 0.05) is 46.4 Å². The Balaban J connectivity index is 1.41. The summed E-state index contributed by atoms with van der Waals surface area (Å²) in [5.41, 5.74) is 0. The van der Waals surface area contributed by atoms with E-state index in [9.17, 15) is 13.2 Å². The summed E-state index contributed by atoms with van der Waals surface area (Å²) in [6.07, 6.45) is 1.99. The molecule has 1 amide bonds. The van der Waals surface area contributed by atoms with E-state index in [2.05, 4.69) is 15.2 Å². The molecule has 3 rings (SSSR count). The molecule has 1 atom stereocenters. The van der Waals surface area contributed by atoms with Crippen LogP contribution in [0, 0.1) is 0 Å². The summed E-state index contributed by atoms with van der Waals surface area (Å²) in [7, 11) is -1.55. The van der Waals surface area contributed by atoms with Gasteiger partial charge in [0.2, 0.25) is 0 Å².